The molecular weight excluding hydrogens is 204 g/mol. The molecule has 2 aromatic rings. The number of benzene rings is 1. The summed E-state index contributed by atoms with van der Waals surface area (Å²) in [6.45, 7) is 3.13. The van der Waals surface area contributed by atoms with Crippen LogP contribution in [0.15, 0.2) is 23.7 Å². The molecular formula is C12H12N2S. The summed E-state index contributed by atoms with van der Waals surface area (Å²) in [6, 6.07) is 6.51. The molecule has 1 aliphatic rings. The number of aromatic nitrogens is 1. The molecule has 1 aliphatic heterocycles. The quantitative estimate of drug-likeness (QED) is 0.732. The van der Waals surface area contributed by atoms with Crippen LogP contribution in [0.2, 0.25) is 0 Å². The molecule has 0 saturated heterocycles. The second kappa shape index (κ2) is 3.35. The predicted molar refractivity (Wildman–Crippen MR) is 64.5 cm³/mol. The van der Waals surface area contributed by atoms with E-state index in [2.05, 4.69) is 35.4 Å². The van der Waals surface area contributed by atoms with Crippen molar-refractivity contribution in [3.8, 4) is 11.3 Å². The lowest BCUT2D eigenvalue weighted by atomic mass is 10.1. The van der Waals surface area contributed by atoms with Gasteiger partial charge in [-0.25, -0.2) is 4.98 Å². The molecule has 15 heavy (non-hydrogen) atoms. The van der Waals surface area contributed by atoms with Gasteiger partial charge in [-0.05, 0) is 19.1 Å². The minimum absolute atomic E-state index is 1.01. The van der Waals surface area contributed by atoms with Crippen molar-refractivity contribution in [2.24, 2.45) is 0 Å². The van der Waals surface area contributed by atoms with Crippen molar-refractivity contribution in [1.82, 2.24) is 4.98 Å². The van der Waals surface area contributed by atoms with Crippen LogP contribution >= 0.6 is 11.3 Å². The zero-order valence-corrected chi connectivity index (χ0v) is 9.40. The summed E-state index contributed by atoms with van der Waals surface area (Å²) in [5, 5.41) is 3.45. The number of anilines is 1. The number of hydrogen-bond donors (Lipinski definition) is 1. The average Bonchev–Trinajstić information content (AvgIpc) is 2.62. The van der Waals surface area contributed by atoms with Gasteiger partial charge in [-0.15, -0.1) is 11.3 Å². The third kappa shape index (κ3) is 1.43. The molecule has 0 unspecified atom stereocenters. The Kier molecular flexibility index (Phi) is 1.99. The van der Waals surface area contributed by atoms with Crippen molar-refractivity contribution in [3.63, 3.8) is 0 Å². The fraction of sp³-hybridized carbons (Fsp3) is 0.250. The van der Waals surface area contributed by atoms with Crippen LogP contribution in [0.25, 0.3) is 11.3 Å². The molecule has 1 aromatic carbocycles. The Morgan fingerprint density at radius 3 is 3.27 bits per heavy atom. The lowest BCUT2D eigenvalue weighted by Crippen LogP contribution is -2.01. The third-order valence-electron chi connectivity index (χ3n) is 2.74. The maximum Gasteiger partial charge on any atom is 0.0864 e. The molecule has 76 valence electrons. The molecule has 3 rings (SSSR count). The number of thiazole rings is 1. The lowest BCUT2D eigenvalue weighted by molar-refractivity contribution is 1.06. The Balaban J connectivity index is 2.27. The van der Waals surface area contributed by atoms with Crippen LogP contribution < -0.4 is 5.32 Å². The Bertz CT molecular complexity index is 502. The van der Waals surface area contributed by atoms with E-state index in [9.17, 15) is 0 Å². The van der Waals surface area contributed by atoms with Gasteiger partial charge in [-0.2, -0.15) is 0 Å². The molecule has 2 heterocycles. The number of nitrogens with zero attached hydrogens (tertiary/aromatic N) is 1. The van der Waals surface area contributed by atoms with E-state index in [4.69, 9.17) is 0 Å². The number of aryl methyl sites for hydroxylation is 1. The SMILES string of the molecule is Cc1ccc2c(c1)-c1ncsc1CCN2. The first-order valence-corrected chi connectivity index (χ1v) is 6.00. The van der Waals surface area contributed by atoms with E-state index in [1.165, 1.54) is 27.4 Å². The summed E-state index contributed by atoms with van der Waals surface area (Å²) in [6.07, 6.45) is 1.08. The second-order valence-electron chi connectivity index (χ2n) is 3.85. The van der Waals surface area contributed by atoms with Gasteiger partial charge in [-0.1, -0.05) is 11.6 Å². The lowest BCUT2D eigenvalue weighted by Gasteiger charge is -2.07. The van der Waals surface area contributed by atoms with E-state index < -0.39 is 0 Å². The molecule has 2 nitrogen and oxygen atoms in total. The Labute approximate surface area is 93.0 Å². The molecule has 1 aromatic heterocycles. The number of fused-ring (bicyclic) bond motifs is 3. The fourth-order valence-corrected chi connectivity index (χ4v) is 2.77. The van der Waals surface area contributed by atoms with Crippen LogP contribution in [0.1, 0.15) is 10.4 Å². The zero-order chi connectivity index (χ0) is 10.3. The van der Waals surface area contributed by atoms with Crippen LogP contribution in [0.5, 0.6) is 0 Å². The molecule has 3 heteroatoms. The molecule has 0 amide bonds. The number of hydrogen-bond acceptors (Lipinski definition) is 3. The number of nitrogens with one attached hydrogen (secondary N) is 1. The Morgan fingerprint density at radius 1 is 1.40 bits per heavy atom. The van der Waals surface area contributed by atoms with Gasteiger partial charge in [0.1, 0.15) is 0 Å². The zero-order valence-electron chi connectivity index (χ0n) is 8.58. The van der Waals surface area contributed by atoms with Crippen LogP contribution in [0, 0.1) is 6.92 Å². The number of rotatable bonds is 0. The molecule has 0 fully saturated rings. The molecule has 0 spiro atoms. The highest BCUT2D eigenvalue weighted by Crippen LogP contribution is 2.34. The van der Waals surface area contributed by atoms with Gasteiger partial charge in [0.05, 0.1) is 11.2 Å². The maximum absolute atomic E-state index is 4.48. The monoisotopic (exact) mass is 216 g/mol. The third-order valence-corrected chi connectivity index (χ3v) is 3.63. The Hall–Kier alpha value is -1.35. The van der Waals surface area contributed by atoms with Gasteiger partial charge < -0.3 is 5.32 Å². The van der Waals surface area contributed by atoms with Crippen LogP contribution in [0.4, 0.5) is 5.69 Å². The van der Waals surface area contributed by atoms with E-state index >= 15 is 0 Å². The van der Waals surface area contributed by atoms with Crippen molar-refractivity contribution >= 4 is 17.0 Å². The highest BCUT2D eigenvalue weighted by molar-refractivity contribution is 7.10. The summed E-state index contributed by atoms with van der Waals surface area (Å²) < 4.78 is 0. The van der Waals surface area contributed by atoms with E-state index in [1.54, 1.807) is 11.3 Å². The second-order valence-corrected chi connectivity index (χ2v) is 4.79. The minimum Gasteiger partial charge on any atom is -0.384 e. The van der Waals surface area contributed by atoms with E-state index in [0.717, 1.165) is 13.0 Å². The average molecular weight is 216 g/mol. The van der Waals surface area contributed by atoms with Crippen LogP contribution in [-0.4, -0.2) is 11.5 Å². The first kappa shape index (κ1) is 8.92. The molecule has 1 N–H and O–H groups in total. The normalized spacial score (nSPS) is 13.7. The summed E-state index contributed by atoms with van der Waals surface area (Å²) in [4.78, 5) is 5.87. The fourth-order valence-electron chi connectivity index (χ4n) is 1.99. The first-order valence-electron chi connectivity index (χ1n) is 5.12. The van der Waals surface area contributed by atoms with Gasteiger partial charge in [0.2, 0.25) is 0 Å². The van der Waals surface area contributed by atoms with Crippen molar-refractivity contribution < 1.29 is 0 Å². The summed E-state index contributed by atoms with van der Waals surface area (Å²) in [5.74, 6) is 0. The minimum atomic E-state index is 1.01. The Morgan fingerprint density at radius 2 is 2.33 bits per heavy atom. The predicted octanol–water partition coefficient (Wildman–Crippen LogP) is 3.09. The van der Waals surface area contributed by atoms with Crippen molar-refractivity contribution in [2.45, 2.75) is 13.3 Å². The molecule has 0 aliphatic carbocycles. The summed E-state index contributed by atoms with van der Waals surface area (Å²) in [7, 11) is 0. The van der Waals surface area contributed by atoms with Crippen molar-refractivity contribution in [2.75, 3.05) is 11.9 Å². The first-order chi connectivity index (χ1) is 7.34. The van der Waals surface area contributed by atoms with E-state index in [1.807, 2.05) is 5.51 Å². The molecule has 0 radical (unpaired) electrons. The maximum atomic E-state index is 4.48. The van der Waals surface area contributed by atoms with Crippen molar-refractivity contribution in [3.05, 3.63) is 34.2 Å². The van der Waals surface area contributed by atoms with Gasteiger partial charge >= 0.3 is 0 Å². The largest absolute Gasteiger partial charge is 0.384 e. The smallest absolute Gasteiger partial charge is 0.0864 e. The highest BCUT2D eigenvalue weighted by atomic mass is 32.1. The highest BCUT2D eigenvalue weighted by Gasteiger charge is 2.16. The topological polar surface area (TPSA) is 24.9 Å². The van der Waals surface area contributed by atoms with Gasteiger partial charge in [0, 0.05) is 29.1 Å². The van der Waals surface area contributed by atoms with E-state index in [0.29, 0.717) is 0 Å². The molecule has 0 bridgehead atoms. The molecule has 0 saturated carbocycles. The standard InChI is InChI=1S/C12H12N2S/c1-8-2-3-10-9(6-8)12-11(4-5-13-10)15-7-14-12/h2-3,6-7,13H,4-5H2,1H3. The van der Waals surface area contributed by atoms with Gasteiger partial charge in [0.25, 0.3) is 0 Å². The van der Waals surface area contributed by atoms with Gasteiger partial charge in [-0.3, -0.25) is 0 Å². The van der Waals surface area contributed by atoms with Crippen LogP contribution in [-0.2, 0) is 6.42 Å². The van der Waals surface area contributed by atoms with Crippen molar-refractivity contribution in [1.29, 1.82) is 0 Å². The summed E-state index contributed by atoms with van der Waals surface area (Å²) in [5.41, 5.74) is 6.87. The summed E-state index contributed by atoms with van der Waals surface area (Å²) >= 11 is 1.76. The van der Waals surface area contributed by atoms with Gasteiger partial charge in [0.15, 0.2) is 0 Å². The molecule has 0 atom stereocenters. The van der Waals surface area contributed by atoms with Crippen LogP contribution in [0.3, 0.4) is 0 Å². The van der Waals surface area contributed by atoms with E-state index in [-0.39, 0.29) is 0 Å².